The van der Waals surface area contributed by atoms with Crippen molar-refractivity contribution in [1.29, 1.82) is 0 Å². The van der Waals surface area contributed by atoms with Crippen LogP contribution in [0.2, 0.25) is 0 Å². The van der Waals surface area contributed by atoms with Gasteiger partial charge in [0.05, 0.1) is 7.11 Å². The quantitative estimate of drug-likeness (QED) is 0.835. The molecule has 1 saturated carbocycles. The molecule has 1 aromatic rings. The molecule has 3 nitrogen and oxygen atoms in total. The molecule has 1 aromatic carbocycles. The molecule has 2 aliphatic rings. The van der Waals surface area contributed by atoms with Crippen molar-refractivity contribution in [1.82, 2.24) is 4.90 Å². The number of likely N-dealkylation sites (tertiary alicyclic amines) is 1. The van der Waals surface area contributed by atoms with E-state index in [2.05, 4.69) is 0 Å². The Labute approximate surface area is 114 Å². The van der Waals surface area contributed by atoms with Gasteiger partial charge >= 0.3 is 12.1 Å². The lowest BCUT2D eigenvalue weighted by Gasteiger charge is -2.22. The molecule has 3 rings (SSSR count). The van der Waals surface area contributed by atoms with E-state index in [9.17, 15) is 18.0 Å². The van der Waals surface area contributed by atoms with Gasteiger partial charge in [-0.25, -0.2) is 0 Å². The molecular formula is C14H14F3NO2. The van der Waals surface area contributed by atoms with Crippen LogP contribution in [0.1, 0.15) is 12.0 Å². The van der Waals surface area contributed by atoms with Gasteiger partial charge in [0.25, 0.3) is 0 Å². The van der Waals surface area contributed by atoms with Gasteiger partial charge in [-0.15, -0.1) is 0 Å². The largest absolute Gasteiger partial charge is 0.497 e. The molecule has 6 heteroatoms. The van der Waals surface area contributed by atoms with Gasteiger partial charge in [0, 0.05) is 18.5 Å². The Bertz CT molecular complexity index is 540. The molecule has 1 saturated heterocycles. The van der Waals surface area contributed by atoms with Crippen LogP contribution >= 0.6 is 0 Å². The maximum Gasteiger partial charge on any atom is 0.471 e. The molecule has 0 bridgehead atoms. The van der Waals surface area contributed by atoms with Crippen LogP contribution in [0.3, 0.4) is 0 Å². The summed E-state index contributed by atoms with van der Waals surface area (Å²) in [6, 6.07) is 7.35. The van der Waals surface area contributed by atoms with Crippen molar-refractivity contribution in [2.24, 2.45) is 5.92 Å². The summed E-state index contributed by atoms with van der Waals surface area (Å²) in [6.07, 6.45) is -3.93. The molecule has 2 fully saturated rings. The van der Waals surface area contributed by atoms with E-state index in [0.717, 1.165) is 16.9 Å². The third-order valence-corrected chi connectivity index (χ3v) is 4.34. The summed E-state index contributed by atoms with van der Waals surface area (Å²) < 4.78 is 42.5. The number of ether oxygens (including phenoxy) is 1. The molecule has 2 unspecified atom stereocenters. The first-order valence-corrected chi connectivity index (χ1v) is 6.37. The Balaban J connectivity index is 1.78. The highest BCUT2D eigenvalue weighted by atomic mass is 19.4. The number of piperidine rings is 1. The van der Waals surface area contributed by atoms with Crippen molar-refractivity contribution in [3.8, 4) is 5.75 Å². The van der Waals surface area contributed by atoms with Gasteiger partial charge in [0.1, 0.15) is 5.75 Å². The number of amides is 1. The Morgan fingerprint density at radius 3 is 2.55 bits per heavy atom. The molecular weight excluding hydrogens is 271 g/mol. The monoisotopic (exact) mass is 285 g/mol. The van der Waals surface area contributed by atoms with Gasteiger partial charge in [-0.3, -0.25) is 4.79 Å². The minimum Gasteiger partial charge on any atom is -0.497 e. The molecule has 1 heterocycles. The van der Waals surface area contributed by atoms with E-state index in [4.69, 9.17) is 4.74 Å². The van der Waals surface area contributed by atoms with Gasteiger partial charge in [-0.1, -0.05) is 12.1 Å². The van der Waals surface area contributed by atoms with E-state index in [1.165, 1.54) is 0 Å². The Hall–Kier alpha value is -1.72. The number of hydrogen-bond donors (Lipinski definition) is 0. The predicted octanol–water partition coefficient (Wildman–Crippen LogP) is 2.36. The molecule has 1 aliphatic heterocycles. The van der Waals surface area contributed by atoms with Crippen LogP contribution in [0.4, 0.5) is 13.2 Å². The number of hydrogen-bond acceptors (Lipinski definition) is 2. The van der Waals surface area contributed by atoms with Crippen LogP contribution in [-0.2, 0) is 10.2 Å². The molecule has 1 aliphatic carbocycles. The number of fused-ring (bicyclic) bond motifs is 1. The highest BCUT2D eigenvalue weighted by Crippen LogP contribution is 2.59. The summed E-state index contributed by atoms with van der Waals surface area (Å²) in [5.41, 5.74) is 0.702. The molecule has 1 amide bonds. The van der Waals surface area contributed by atoms with Crippen LogP contribution in [0.5, 0.6) is 5.75 Å². The Morgan fingerprint density at radius 1 is 1.35 bits per heavy atom. The summed E-state index contributed by atoms with van der Waals surface area (Å²) >= 11 is 0. The third kappa shape index (κ3) is 1.94. The van der Waals surface area contributed by atoms with E-state index in [1.807, 2.05) is 12.1 Å². The molecule has 0 N–H and O–H groups in total. The fraction of sp³-hybridized carbons (Fsp3) is 0.500. The number of methoxy groups -OCH3 is 1. The molecule has 108 valence electrons. The first kappa shape index (κ1) is 13.3. The number of benzene rings is 1. The summed E-state index contributed by atoms with van der Waals surface area (Å²) in [4.78, 5) is 12.2. The fourth-order valence-corrected chi connectivity index (χ4v) is 3.19. The second-order valence-electron chi connectivity index (χ2n) is 5.47. The standard InChI is InChI=1S/C14H14F3NO2/c1-20-11-4-2-9(3-5-11)13-6-10(13)7-18(8-13)12(19)14(15,16)17/h2-5,10H,6-8H2,1H3. The average molecular weight is 285 g/mol. The molecule has 20 heavy (non-hydrogen) atoms. The van der Waals surface area contributed by atoms with E-state index in [1.54, 1.807) is 19.2 Å². The van der Waals surface area contributed by atoms with E-state index >= 15 is 0 Å². The molecule has 0 radical (unpaired) electrons. The van der Waals surface area contributed by atoms with Crippen molar-refractivity contribution >= 4 is 5.91 Å². The second-order valence-corrected chi connectivity index (χ2v) is 5.47. The lowest BCUT2D eigenvalue weighted by molar-refractivity contribution is -0.184. The van der Waals surface area contributed by atoms with Crippen LogP contribution in [0, 0.1) is 5.92 Å². The Morgan fingerprint density at radius 2 is 2.00 bits per heavy atom. The summed E-state index contributed by atoms with van der Waals surface area (Å²) in [7, 11) is 1.56. The summed E-state index contributed by atoms with van der Waals surface area (Å²) in [5.74, 6) is -0.872. The van der Waals surface area contributed by atoms with E-state index in [0.29, 0.717) is 5.75 Å². The number of halogens is 3. The van der Waals surface area contributed by atoms with Gasteiger partial charge in [0.15, 0.2) is 0 Å². The normalized spacial score (nSPS) is 28.2. The average Bonchev–Trinajstić information content (AvgIpc) is 2.99. The maximum absolute atomic E-state index is 12.5. The van der Waals surface area contributed by atoms with Gasteiger partial charge in [0.2, 0.25) is 0 Å². The van der Waals surface area contributed by atoms with Crippen LogP contribution < -0.4 is 4.74 Å². The van der Waals surface area contributed by atoms with Crippen molar-refractivity contribution in [3.05, 3.63) is 29.8 Å². The summed E-state index contributed by atoms with van der Waals surface area (Å²) in [5, 5.41) is 0. The van der Waals surface area contributed by atoms with E-state index < -0.39 is 12.1 Å². The highest BCUT2D eigenvalue weighted by molar-refractivity contribution is 5.82. The smallest absolute Gasteiger partial charge is 0.471 e. The van der Waals surface area contributed by atoms with Crippen molar-refractivity contribution < 1.29 is 22.7 Å². The van der Waals surface area contributed by atoms with Crippen molar-refractivity contribution in [2.75, 3.05) is 20.2 Å². The van der Waals surface area contributed by atoms with Crippen molar-refractivity contribution in [2.45, 2.75) is 18.0 Å². The molecule has 2 atom stereocenters. The van der Waals surface area contributed by atoms with Crippen LogP contribution in [-0.4, -0.2) is 37.2 Å². The topological polar surface area (TPSA) is 29.5 Å². The summed E-state index contributed by atoms with van der Waals surface area (Å²) in [6.45, 7) is 0.354. The Kier molecular flexibility index (Phi) is 2.74. The first-order chi connectivity index (χ1) is 9.37. The highest BCUT2D eigenvalue weighted by Gasteiger charge is 2.63. The lowest BCUT2D eigenvalue weighted by Crippen LogP contribution is -2.41. The minimum absolute atomic E-state index is 0.141. The minimum atomic E-state index is -4.78. The van der Waals surface area contributed by atoms with Crippen LogP contribution in [0.25, 0.3) is 0 Å². The van der Waals surface area contributed by atoms with Gasteiger partial charge in [-0.05, 0) is 30.0 Å². The third-order valence-electron chi connectivity index (χ3n) is 4.34. The fourth-order valence-electron chi connectivity index (χ4n) is 3.19. The maximum atomic E-state index is 12.5. The lowest BCUT2D eigenvalue weighted by atomic mass is 9.95. The number of alkyl halides is 3. The first-order valence-electron chi connectivity index (χ1n) is 6.37. The number of carbonyl (C=O) groups is 1. The number of rotatable bonds is 2. The zero-order valence-corrected chi connectivity index (χ0v) is 10.9. The molecule has 0 aromatic heterocycles. The second kappa shape index (κ2) is 4.14. The van der Waals surface area contributed by atoms with Gasteiger partial charge < -0.3 is 9.64 Å². The van der Waals surface area contributed by atoms with Crippen molar-refractivity contribution in [3.63, 3.8) is 0 Å². The molecule has 0 spiro atoms. The van der Waals surface area contributed by atoms with Gasteiger partial charge in [-0.2, -0.15) is 13.2 Å². The zero-order chi connectivity index (χ0) is 14.5. The van der Waals surface area contributed by atoms with E-state index in [-0.39, 0.29) is 24.4 Å². The SMILES string of the molecule is COc1ccc(C23CC2CN(C(=O)C(F)(F)F)C3)cc1. The number of carbonyl (C=O) groups excluding carboxylic acids is 1. The van der Waals surface area contributed by atoms with Crippen LogP contribution in [0.15, 0.2) is 24.3 Å². The predicted molar refractivity (Wildman–Crippen MR) is 65.4 cm³/mol. The zero-order valence-electron chi connectivity index (χ0n) is 10.9. The number of nitrogens with zero attached hydrogens (tertiary/aromatic N) is 1.